The number of anilines is 1. The van der Waals surface area contributed by atoms with Crippen molar-refractivity contribution in [1.82, 2.24) is 0 Å². The molecule has 1 N–H and O–H groups in total. The van der Waals surface area contributed by atoms with Crippen LogP contribution in [0.4, 0.5) is 5.69 Å². The van der Waals surface area contributed by atoms with Crippen molar-refractivity contribution in [3.05, 3.63) is 23.8 Å². The fourth-order valence-electron chi connectivity index (χ4n) is 1.95. The topological polar surface area (TPSA) is 47.6 Å². The Morgan fingerprint density at radius 1 is 0.913 bits per heavy atom. The highest BCUT2D eigenvalue weighted by Crippen LogP contribution is 2.33. The van der Waals surface area contributed by atoms with Gasteiger partial charge in [-0.3, -0.25) is 0 Å². The molecule has 0 radical (unpaired) electrons. The van der Waals surface area contributed by atoms with Crippen LogP contribution in [-0.2, 0) is 4.43 Å². The van der Waals surface area contributed by atoms with Crippen molar-refractivity contribution in [1.29, 1.82) is 0 Å². The lowest BCUT2D eigenvalue weighted by atomic mass is 10.2. The highest BCUT2D eigenvalue weighted by molar-refractivity contribution is 6.79. The minimum atomic E-state index is -1.95. The normalized spacial score (nSPS) is 12.7. The number of rotatable bonds is 6. The van der Waals surface area contributed by atoms with Gasteiger partial charge in [-0.1, -0.05) is 25.7 Å². The van der Waals surface area contributed by atoms with Crippen LogP contribution in [0.15, 0.2) is 18.2 Å². The Kier molecular flexibility index (Phi) is 5.93. The van der Waals surface area contributed by atoms with Gasteiger partial charge in [0.05, 0.1) is 11.3 Å². The number of hydrogen-bond donors (Lipinski definition) is 1. The molecule has 0 aromatic heterocycles. The number of carbonyl (C=O) groups excluding carboxylic acids is 1. The minimum absolute atomic E-state index is 0.258. The molecule has 7 heteroatoms. The summed E-state index contributed by atoms with van der Waals surface area (Å²) in [5, 5.41) is 0. The molecule has 0 bridgehead atoms. The van der Waals surface area contributed by atoms with Crippen molar-refractivity contribution in [3.8, 4) is 5.75 Å². The number of benzene rings is 1. The highest BCUT2D eigenvalue weighted by atomic mass is 28.4. The zero-order valence-corrected chi connectivity index (χ0v) is 19.0. The Morgan fingerprint density at radius 3 is 1.91 bits per heavy atom. The summed E-state index contributed by atoms with van der Waals surface area (Å²) >= 11 is 0. The number of para-hydroxylation sites is 1. The number of nitrogens with one attached hydrogen (secondary N) is 1. The van der Waals surface area contributed by atoms with E-state index in [2.05, 4.69) is 44.3 Å². The van der Waals surface area contributed by atoms with Gasteiger partial charge < -0.3 is 13.8 Å². The monoisotopic (exact) mass is 369 g/mol. The molecule has 0 atom stereocenters. The lowest BCUT2D eigenvalue weighted by Crippen LogP contribution is -2.36. The molecule has 0 heterocycles. The molecule has 0 aliphatic carbocycles. The van der Waals surface area contributed by atoms with E-state index < -0.39 is 24.9 Å². The predicted molar refractivity (Wildman–Crippen MR) is 106 cm³/mol. The quantitative estimate of drug-likeness (QED) is 0.705. The van der Waals surface area contributed by atoms with Gasteiger partial charge in [0.1, 0.15) is 14.0 Å². The second-order valence-corrected chi connectivity index (χ2v) is 22.4. The Morgan fingerprint density at radius 2 is 1.48 bits per heavy atom. The van der Waals surface area contributed by atoms with Crippen LogP contribution in [0.3, 0.4) is 0 Å². The van der Waals surface area contributed by atoms with Crippen LogP contribution >= 0.6 is 0 Å². The lowest BCUT2D eigenvalue weighted by molar-refractivity contribution is 0.0725. The standard InChI is InChI=1S/C16H31NO3Si3/c1-21(2,3)17-15-13(16(18)20-23(7,8)9)11-10-12-14(15)19-22(4,5)6/h10-12,17H,1-9H3. The molecular formula is C16H31NO3Si3. The summed E-state index contributed by atoms with van der Waals surface area (Å²) in [6.45, 7) is 19.1. The average molecular weight is 370 g/mol. The summed E-state index contributed by atoms with van der Waals surface area (Å²) < 4.78 is 11.9. The summed E-state index contributed by atoms with van der Waals surface area (Å²) in [5.74, 6) is 0.502. The Balaban J connectivity index is 3.33. The molecular weight excluding hydrogens is 338 g/mol. The van der Waals surface area contributed by atoms with E-state index in [-0.39, 0.29) is 5.97 Å². The molecule has 4 nitrogen and oxygen atoms in total. The molecule has 0 aliphatic heterocycles. The maximum absolute atomic E-state index is 12.6. The minimum Gasteiger partial charge on any atom is -0.543 e. The van der Waals surface area contributed by atoms with Crippen LogP contribution in [0.5, 0.6) is 5.75 Å². The first kappa shape index (κ1) is 20.0. The second kappa shape index (κ2) is 6.82. The lowest BCUT2D eigenvalue weighted by Gasteiger charge is -2.28. The first-order valence-electron chi connectivity index (χ1n) is 8.01. The van der Waals surface area contributed by atoms with E-state index in [0.29, 0.717) is 5.56 Å². The van der Waals surface area contributed by atoms with Crippen LogP contribution in [0, 0.1) is 0 Å². The van der Waals surface area contributed by atoms with E-state index in [4.69, 9.17) is 8.85 Å². The maximum atomic E-state index is 12.6. The Labute approximate surface area is 143 Å². The maximum Gasteiger partial charge on any atom is 0.327 e. The predicted octanol–water partition coefficient (Wildman–Crippen LogP) is 5.14. The summed E-state index contributed by atoms with van der Waals surface area (Å²) in [6, 6.07) is 5.62. The van der Waals surface area contributed by atoms with Gasteiger partial charge in [-0.05, 0) is 51.4 Å². The molecule has 130 valence electrons. The van der Waals surface area contributed by atoms with Crippen molar-refractivity contribution in [2.24, 2.45) is 0 Å². The van der Waals surface area contributed by atoms with Gasteiger partial charge in [0.25, 0.3) is 0 Å². The van der Waals surface area contributed by atoms with Gasteiger partial charge in [-0.15, -0.1) is 0 Å². The van der Waals surface area contributed by atoms with Crippen LogP contribution in [0.1, 0.15) is 10.4 Å². The van der Waals surface area contributed by atoms with Crippen LogP contribution in [-0.4, -0.2) is 30.8 Å². The van der Waals surface area contributed by atoms with E-state index >= 15 is 0 Å². The molecule has 0 saturated heterocycles. The van der Waals surface area contributed by atoms with E-state index in [1.54, 1.807) is 0 Å². The molecule has 1 aromatic carbocycles. The van der Waals surface area contributed by atoms with Gasteiger partial charge in [0.15, 0.2) is 0 Å². The Hall–Kier alpha value is -1.06. The largest absolute Gasteiger partial charge is 0.543 e. The average Bonchev–Trinajstić information content (AvgIpc) is 2.25. The molecule has 23 heavy (non-hydrogen) atoms. The van der Waals surface area contributed by atoms with Crippen LogP contribution < -0.4 is 9.41 Å². The molecule has 0 fully saturated rings. The van der Waals surface area contributed by atoms with Crippen LogP contribution in [0.25, 0.3) is 0 Å². The number of carbonyl (C=O) groups is 1. The van der Waals surface area contributed by atoms with Crippen molar-refractivity contribution in [2.45, 2.75) is 58.9 Å². The van der Waals surface area contributed by atoms with Gasteiger partial charge in [-0.25, -0.2) is 4.79 Å². The number of hydrogen-bond acceptors (Lipinski definition) is 4. The Bertz CT molecular complexity index is 569. The molecule has 1 aromatic rings. The molecule has 0 unspecified atom stereocenters. The van der Waals surface area contributed by atoms with Gasteiger partial charge in [-0.2, -0.15) is 0 Å². The second-order valence-electron chi connectivity index (χ2n) is 8.77. The first-order valence-corrected chi connectivity index (χ1v) is 18.3. The SMILES string of the molecule is C[Si](C)(C)Nc1c(O[Si](C)(C)C)cccc1C(=O)O[Si](C)(C)C. The third kappa shape index (κ3) is 7.36. The first-order chi connectivity index (χ1) is 10.2. The summed E-state index contributed by atoms with van der Waals surface area (Å²) in [4.78, 5) is 16.2. The summed E-state index contributed by atoms with van der Waals surface area (Å²) in [5.41, 5.74) is 1.36. The van der Waals surface area contributed by atoms with Gasteiger partial charge >= 0.3 is 5.97 Å². The third-order valence-electron chi connectivity index (χ3n) is 2.56. The fourth-order valence-corrected chi connectivity index (χ4v) is 4.46. The third-order valence-corrected chi connectivity index (χ3v) is 5.19. The van der Waals surface area contributed by atoms with Crippen molar-refractivity contribution >= 4 is 36.5 Å². The summed E-state index contributed by atoms with van der Waals surface area (Å²) in [7, 11) is -5.38. The fraction of sp³-hybridized carbons (Fsp3) is 0.562. The smallest absolute Gasteiger partial charge is 0.327 e. The van der Waals surface area contributed by atoms with Crippen molar-refractivity contribution < 1.29 is 13.6 Å². The molecule has 0 spiro atoms. The van der Waals surface area contributed by atoms with E-state index in [9.17, 15) is 4.79 Å². The van der Waals surface area contributed by atoms with E-state index in [1.807, 2.05) is 37.8 Å². The summed E-state index contributed by atoms with van der Waals surface area (Å²) in [6.07, 6.45) is 0. The zero-order chi connectivity index (χ0) is 18.1. The van der Waals surface area contributed by atoms with Gasteiger partial charge in [0.2, 0.25) is 16.6 Å². The highest BCUT2D eigenvalue weighted by Gasteiger charge is 2.28. The van der Waals surface area contributed by atoms with Crippen molar-refractivity contribution in [2.75, 3.05) is 4.98 Å². The molecule has 0 amide bonds. The molecule has 1 rings (SSSR count). The zero-order valence-electron chi connectivity index (χ0n) is 16.0. The van der Waals surface area contributed by atoms with Crippen LogP contribution in [0.2, 0.25) is 58.9 Å². The van der Waals surface area contributed by atoms with E-state index in [0.717, 1.165) is 11.4 Å². The van der Waals surface area contributed by atoms with E-state index in [1.165, 1.54) is 0 Å². The molecule has 0 saturated carbocycles. The van der Waals surface area contributed by atoms with Gasteiger partial charge in [0, 0.05) is 0 Å². The molecule has 0 aliphatic rings. The van der Waals surface area contributed by atoms with Crippen molar-refractivity contribution in [3.63, 3.8) is 0 Å².